The number of hydrogen-bond donors (Lipinski definition) is 1. The fourth-order valence-corrected chi connectivity index (χ4v) is 2.81. The predicted molar refractivity (Wildman–Crippen MR) is 95.1 cm³/mol. The van der Waals surface area contributed by atoms with Gasteiger partial charge in [0.2, 0.25) is 17.7 Å². The molecule has 0 radical (unpaired) electrons. The van der Waals surface area contributed by atoms with Gasteiger partial charge >= 0.3 is 0 Å². The Labute approximate surface area is 146 Å². The average Bonchev–Trinajstić information content (AvgIpc) is 2.62. The second-order valence-corrected chi connectivity index (χ2v) is 5.84. The normalized spacial score (nSPS) is 13.4. The van der Waals surface area contributed by atoms with Crippen molar-refractivity contribution < 1.29 is 14.4 Å². The monoisotopic (exact) mass is 337 g/mol. The van der Waals surface area contributed by atoms with Crippen LogP contribution in [0.5, 0.6) is 0 Å². The highest BCUT2D eigenvalue weighted by molar-refractivity contribution is 6.12. The summed E-state index contributed by atoms with van der Waals surface area (Å²) in [7, 11) is 0. The van der Waals surface area contributed by atoms with E-state index in [9.17, 15) is 14.4 Å². The molecule has 2 aromatic carbocycles. The van der Waals surface area contributed by atoms with Crippen molar-refractivity contribution in [3.05, 3.63) is 60.2 Å². The molecular formula is C19H19N3O3. The summed E-state index contributed by atoms with van der Waals surface area (Å²) in [6.45, 7) is 1.70. The molecule has 6 nitrogen and oxygen atoms in total. The third-order valence-corrected chi connectivity index (χ3v) is 4.07. The summed E-state index contributed by atoms with van der Waals surface area (Å²) in [4.78, 5) is 39.3. The third kappa shape index (κ3) is 3.68. The molecule has 128 valence electrons. The highest BCUT2D eigenvalue weighted by Crippen LogP contribution is 2.33. The lowest BCUT2D eigenvalue weighted by Gasteiger charge is -2.35. The summed E-state index contributed by atoms with van der Waals surface area (Å²) in [6.07, 6.45) is 0. The number of nitrogens with one attached hydrogen (secondary N) is 1. The Bertz CT molecular complexity index is 805. The van der Waals surface area contributed by atoms with E-state index >= 15 is 0 Å². The van der Waals surface area contributed by atoms with Gasteiger partial charge in [-0.15, -0.1) is 0 Å². The van der Waals surface area contributed by atoms with Crippen LogP contribution >= 0.6 is 0 Å². The van der Waals surface area contributed by atoms with Crippen molar-refractivity contribution in [1.29, 1.82) is 0 Å². The minimum atomic E-state index is -0.274. The molecule has 0 unspecified atom stereocenters. The molecule has 3 rings (SSSR count). The molecule has 0 saturated heterocycles. The molecule has 6 heteroatoms. The lowest BCUT2D eigenvalue weighted by atomic mass is 10.1. The lowest BCUT2D eigenvalue weighted by Crippen LogP contribution is -2.50. The predicted octanol–water partition coefficient (Wildman–Crippen LogP) is 1.70. The fraction of sp³-hybridized carbons (Fsp3) is 0.211. The first kappa shape index (κ1) is 16.7. The number of carbonyl (C=O) groups is 3. The van der Waals surface area contributed by atoms with Crippen LogP contribution in [-0.4, -0.2) is 30.8 Å². The van der Waals surface area contributed by atoms with Crippen LogP contribution in [0.25, 0.3) is 0 Å². The molecular weight excluding hydrogens is 318 g/mol. The number of amides is 3. The molecule has 25 heavy (non-hydrogen) atoms. The minimum Gasteiger partial charge on any atom is -0.350 e. The van der Waals surface area contributed by atoms with E-state index in [1.54, 1.807) is 24.3 Å². The van der Waals surface area contributed by atoms with Gasteiger partial charge in [0.05, 0.1) is 11.4 Å². The minimum absolute atomic E-state index is 0.0572. The van der Waals surface area contributed by atoms with Gasteiger partial charge in [-0.2, -0.15) is 0 Å². The van der Waals surface area contributed by atoms with Crippen molar-refractivity contribution in [1.82, 2.24) is 5.32 Å². The van der Waals surface area contributed by atoms with Crippen LogP contribution in [0.4, 0.5) is 11.4 Å². The van der Waals surface area contributed by atoms with Crippen LogP contribution in [-0.2, 0) is 20.9 Å². The molecule has 0 atom stereocenters. The quantitative estimate of drug-likeness (QED) is 0.923. The van der Waals surface area contributed by atoms with E-state index in [0.29, 0.717) is 17.9 Å². The Hall–Kier alpha value is -3.15. The first-order valence-electron chi connectivity index (χ1n) is 8.04. The molecule has 3 amide bonds. The van der Waals surface area contributed by atoms with Gasteiger partial charge in [0.25, 0.3) is 0 Å². The maximum absolute atomic E-state index is 12.4. The van der Waals surface area contributed by atoms with Crippen molar-refractivity contribution >= 4 is 29.1 Å². The van der Waals surface area contributed by atoms with E-state index in [1.807, 2.05) is 30.3 Å². The van der Waals surface area contributed by atoms with E-state index in [4.69, 9.17) is 0 Å². The third-order valence-electron chi connectivity index (χ3n) is 4.07. The molecule has 0 saturated carbocycles. The van der Waals surface area contributed by atoms with Crippen LogP contribution in [0.3, 0.4) is 0 Å². The van der Waals surface area contributed by atoms with Crippen molar-refractivity contribution in [3.8, 4) is 0 Å². The highest BCUT2D eigenvalue weighted by atomic mass is 16.2. The van der Waals surface area contributed by atoms with Crippen molar-refractivity contribution in [2.45, 2.75) is 13.5 Å². The molecule has 1 aliphatic rings. The van der Waals surface area contributed by atoms with E-state index in [2.05, 4.69) is 5.32 Å². The maximum Gasteiger partial charge on any atom is 0.247 e. The zero-order valence-corrected chi connectivity index (χ0v) is 13.9. The second kappa shape index (κ2) is 7.17. The van der Waals surface area contributed by atoms with Crippen LogP contribution in [0, 0.1) is 0 Å². The molecule has 1 heterocycles. The summed E-state index contributed by atoms with van der Waals surface area (Å²) >= 11 is 0. The van der Waals surface area contributed by atoms with Gasteiger partial charge in [-0.3, -0.25) is 19.3 Å². The van der Waals surface area contributed by atoms with Crippen LogP contribution in [0.2, 0.25) is 0 Å². The number of para-hydroxylation sites is 2. The SMILES string of the molecule is CC(=O)N1CC(=O)N(CC(=O)NCc2ccccc2)c2ccccc21. The first-order chi connectivity index (χ1) is 12.1. The molecule has 1 N–H and O–H groups in total. The zero-order valence-electron chi connectivity index (χ0n) is 13.9. The molecule has 1 aliphatic heterocycles. The van der Waals surface area contributed by atoms with Crippen LogP contribution in [0.1, 0.15) is 12.5 Å². The Balaban J connectivity index is 1.73. The Morgan fingerprint density at radius 3 is 2.32 bits per heavy atom. The zero-order chi connectivity index (χ0) is 17.8. The number of carbonyl (C=O) groups excluding carboxylic acids is 3. The first-order valence-corrected chi connectivity index (χ1v) is 8.04. The van der Waals surface area contributed by atoms with Crippen molar-refractivity contribution in [3.63, 3.8) is 0 Å². The van der Waals surface area contributed by atoms with Gasteiger partial charge in [0, 0.05) is 13.5 Å². The number of fused-ring (bicyclic) bond motifs is 1. The summed E-state index contributed by atoms with van der Waals surface area (Å²) in [6, 6.07) is 16.7. The summed E-state index contributed by atoms with van der Waals surface area (Å²) in [5.74, 6) is -0.721. The van der Waals surface area contributed by atoms with E-state index in [-0.39, 0.29) is 30.8 Å². The Morgan fingerprint density at radius 1 is 1.00 bits per heavy atom. The Morgan fingerprint density at radius 2 is 1.64 bits per heavy atom. The molecule has 0 fully saturated rings. The topological polar surface area (TPSA) is 69.7 Å². The molecule has 2 aromatic rings. The molecule has 0 bridgehead atoms. The van der Waals surface area contributed by atoms with E-state index < -0.39 is 0 Å². The standard InChI is InChI=1S/C19H19N3O3/c1-14(23)21-13-19(25)22(17-10-6-5-9-16(17)21)12-18(24)20-11-15-7-3-2-4-8-15/h2-10H,11-13H2,1H3,(H,20,24). The largest absolute Gasteiger partial charge is 0.350 e. The average molecular weight is 337 g/mol. The summed E-state index contributed by atoms with van der Waals surface area (Å²) < 4.78 is 0. The van der Waals surface area contributed by atoms with Crippen LogP contribution in [0.15, 0.2) is 54.6 Å². The molecule has 0 spiro atoms. The number of rotatable bonds is 4. The molecule has 0 aliphatic carbocycles. The van der Waals surface area contributed by atoms with Gasteiger partial charge < -0.3 is 10.2 Å². The Kier molecular flexibility index (Phi) is 4.79. The number of benzene rings is 2. The van der Waals surface area contributed by atoms with Gasteiger partial charge in [0.1, 0.15) is 13.1 Å². The second-order valence-electron chi connectivity index (χ2n) is 5.84. The van der Waals surface area contributed by atoms with Gasteiger partial charge in [-0.25, -0.2) is 0 Å². The maximum atomic E-state index is 12.4. The summed E-state index contributed by atoms with van der Waals surface area (Å²) in [5, 5.41) is 2.82. The van der Waals surface area contributed by atoms with Crippen LogP contribution < -0.4 is 15.1 Å². The van der Waals surface area contributed by atoms with E-state index in [0.717, 1.165) is 5.56 Å². The van der Waals surface area contributed by atoms with Gasteiger partial charge in [-0.1, -0.05) is 42.5 Å². The number of hydrogen-bond acceptors (Lipinski definition) is 3. The van der Waals surface area contributed by atoms with Crippen molar-refractivity contribution in [2.75, 3.05) is 22.9 Å². The van der Waals surface area contributed by atoms with Gasteiger partial charge in [0.15, 0.2) is 0 Å². The van der Waals surface area contributed by atoms with E-state index in [1.165, 1.54) is 16.7 Å². The highest BCUT2D eigenvalue weighted by Gasteiger charge is 2.31. The van der Waals surface area contributed by atoms with Gasteiger partial charge in [-0.05, 0) is 17.7 Å². The summed E-state index contributed by atoms with van der Waals surface area (Å²) in [5.41, 5.74) is 2.21. The molecule has 0 aromatic heterocycles. The lowest BCUT2D eigenvalue weighted by molar-refractivity contribution is -0.124. The fourth-order valence-electron chi connectivity index (χ4n) is 2.81. The smallest absolute Gasteiger partial charge is 0.247 e. The van der Waals surface area contributed by atoms with Crippen molar-refractivity contribution in [2.24, 2.45) is 0 Å². The number of anilines is 2. The number of nitrogens with zero attached hydrogens (tertiary/aromatic N) is 2.